The third-order valence-corrected chi connectivity index (χ3v) is 9.20. The van der Waals surface area contributed by atoms with Crippen LogP contribution in [0.2, 0.25) is 0 Å². The first-order valence-electron chi connectivity index (χ1n) is 13.4. The lowest BCUT2D eigenvalue weighted by Gasteiger charge is -2.35. The van der Waals surface area contributed by atoms with Gasteiger partial charge in [-0.3, -0.25) is 24.1 Å². The number of nitrogens with one attached hydrogen (secondary N) is 1. The van der Waals surface area contributed by atoms with E-state index in [-0.39, 0.29) is 33.5 Å². The van der Waals surface area contributed by atoms with E-state index in [1.54, 1.807) is 50.7 Å². The molecule has 1 fully saturated rings. The van der Waals surface area contributed by atoms with E-state index in [0.717, 1.165) is 16.7 Å². The number of carbonyl (C=O) groups is 3. The fourth-order valence-electron chi connectivity index (χ4n) is 4.95. The summed E-state index contributed by atoms with van der Waals surface area (Å²) in [6.07, 6.45) is 1.90. The zero-order valence-electron chi connectivity index (χ0n) is 23.1. The molecule has 5 rings (SSSR count). The highest BCUT2D eigenvalue weighted by Gasteiger charge is 2.28. The molecule has 0 radical (unpaired) electrons. The molecule has 1 aromatic heterocycles. The molecule has 0 unspecified atom stereocenters. The Bertz CT molecular complexity index is 1800. The van der Waals surface area contributed by atoms with Gasteiger partial charge in [-0.2, -0.15) is 0 Å². The Balaban J connectivity index is 1.29. The molecule has 216 valence electrons. The van der Waals surface area contributed by atoms with Gasteiger partial charge in [0.05, 0.1) is 17.5 Å². The number of carbonyl (C=O) groups excluding carboxylic acids is 3. The first kappa shape index (κ1) is 29.6. The number of sulfonamides is 1. The first-order valence-corrected chi connectivity index (χ1v) is 15.9. The lowest BCUT2D eigenvalue weighted by atomic mass is 10.1. The summed E-state index contributed by atoms with van der Waals surface area (Å²) < 4.78 is 28.8. The van der Waals surface area contributed by atoms with Crippen LogP contribution in [0.3, 0.4) is 0 Å². The van der Waals surface area contributed by atoms with Crippen LogP contribution in [0.25, 0.3) is 10.9 Å². The average Bonchev–Trinajstić information content (AvgIpc) is 2.97. The van der Waals surface area contributed by atoms with Crippen LogP contribution in [0.5, 0.6) is 0 Å². The Morgan fingerprint density at radius 1 is 0.857 bits per heavy atom. The zero-order chi connectivity index (χ0) is 30.0. The van der Waals surface area contributed by atoms with Crippen LogP contribution in [0.4, 0.5) is 5.69 Å². The summed E-state index contributed by atoms with van der Waals surface area (Å²) in [5.41, 5.74) is 3.75. The fourth-order valence-corrected chi connectivity index (χ4v) is 6.62. The van der Waals surface area contributed by atoms with Crippen LogP contribution >= 0.6 is 22.6 Å². The van der Waals surface area contributed by atoms with Crippen molar-refractivity contribution >= 4 is 64.8 Å². The summed E-state index contributed by atoms with van der Waals surface area (Å²) in [6, 6.07) is 18.9. The van der Waals surface area contributed by atoms with Crippen molar-refractivity contribution in [2.75, 3.05) is 30.9 Å². The zero-order valence-corrected chi connectivity index (χ0v) is 26.1. The second-order valence-electron chi connectivity index (χ2n) is 10.3. The van der Waals surface area contributed by atoms with E-state index in [2.05, 4.69) is 9.71 Å². The molecule has 1 N–H and O–H groups in total. The Kier molecular flexibility index (Phi) is 8.60. The number of fused-ring (bicyclic) bond motifs is 1. The third kappa shape index (κ3) is 6.46. The summed E-state index contributed by atoms with van der Waals surface area (Å²) in [5, 5.41) is 0.693. The van der Waals surface area contributed by atoms with E-state index in [4.69, 9.17) is 0 Å². The summed E-state index contributed by atoms with van der Waals surface area (Å²) in [7, 11) is -4.05. The quantitative estimate of drug-likeness (QED) is 0.220. The van der Waals surface area contributed by atoms with Gasteiger partial charge in [0.2, 0.25) is 9.70 Å². The number of pyridine rings is 1. The normalized spacial score (nSPS) is 13.7. The fraction of sp³-hybridized carbons (Fsp3) is 0.226. The van der Waals surface area contributed by atoms with E-state index in [1.165, 1.54) is 24.3 Å². The molecule has 1 aliphatic heterocycles. The number of piperazine rings is 1. The minimum absolute atomic E-state index is 0.00208. The number of para-hydroxylation sites is 1. The van der Waals surface area contributed by atoms with Crippen molar-refractivity contribution in [3.8, 4) is 0 Å². The van der Waals surface area contributed by atoms with E-state index in [1.807, 2.05) is 44.2 Å². The number of aryl methyl sites for hydroxylation is 2. The SMILES string of the molecule is Cc1ccc(CC(=O)N2CCN(C(=O)c3ccc(NS(=O)(=O)c4cccc5cc(C)cnc45)cc3C(=O)I)CC2)cc1. The highest BCUT2D eigenvalue weighted by atomic mass is 127. The van der Waals surface area contributed by atoms with Crippen molar-refractivity contribution < 1.29 is 22.8 Å². The highest BCUT2D eigenvalue weighted by molar-refractivity contribution is 14.1. The van der Waals surface area contributed by atoms with Crippen LogP contribution in [0, 0.1) is 13.8 Å². The van der Waals surface area contributed by atoms with Gasteiger partial charge in [0.25, 0.3) is 15.9 Å². The van der Waals surface area contributed by atoms with Crippen molar-refractivity contribution in [1.29, 1.82) is 0 Å². The molecule has 4 aromatic rings. The van der Waals surface area contributed by atoms with Gasteiger partial charge in [-0.25, -0.2) is 8.42 Å². The second-order valence-corrected chi connectivity index (χ2v) is 12.9. The van der Waals surface area contributed by atoms with Crippen LogP contribution in [0.1, 0.15) is 37.4 Å². The molecule has 42 heavy (non-hydrogen) atoms. The van der Waals surface area contributed by atoms with E-state index in [0.29, 0.717) is 43.5 Å². The maximum Gasteiger partial charge on any atom is 0.264 e. The standard InChI is InChI=1S/C31H29IN4O5S/c1-20-6-8-22(9-7-20)17-28(37)35-12-14-36(15-13-35)31(39)25-11-10-24(18-26(25)30(32)38)34-42(40,41)27-5-3-4-23-16-21(2)19-33-29(23)27/h3-11,16,18-19,34H,12-15,17H2,1-2H3. The number of anilines is 1. The number of amides is 2. The molecular formula is C31H29IN4O5S. The van der Waals surface area contributed by atoms with Gasteiger partial charge in [0.15, 0.2) is 0 Å². The van der Waals surface area contributed by atoms with E-state index < -0.39 is 13.8 Å². The van der Waals surface area contributed by atoms with Crippen LogP contribution < -0.4 is 4.72 Å². The van der Waals surface area contributed by atoms with Crippen molar-refractivity contribution in [3.05, 3.63) is 101 Å². The molecule has 3 aromatic carbocycles. The molecule has 1 aliphatic rings. The molecule has 11 heteroatoms. The van der Waals surface area contributed by atoms with Crippen LogP contribution in [0.15, 0.2) is 77.8 Å². The number of rotatable bonds is 7. The maximum absolute atomic E-state index is 13.4. The summed E-state index contributed by atoms with van der Waals surface area (Å²) in [6.45, 7) is 5.31. The Morgan fingerprint density at radius 3 is 2.24 bits per heavy atom. The lowest BCUT2D eigenvalue weighted by Crippen LogP contribution is -2.51. The second kappa shape index (κ2) is 12.2. The molecule has 2 amide bonds. The number of halogens is 1. The highest BCUT2D eigenvalue weighted by Crippen LogP contribution is 2.27. The van der Waals surface area contributed by atoms with Gasteiger partial charge >= 0.3 is 0 Å². The molecule has 1 saturated heterocycles. The third-order valence-electron chi connectivity index (χ3n) is 7.21. The van der Waals surface area contributed by atoms with Crippen molar-refractivity contribution in [2.24, 2.45) is 0 Å². The lowest BCUT2D eigenvalue weighted by molar-refractivity contribution is -0.131. The van der Waals surface area contributed by atoms with Crippen LogP contribution in [-0.4, -0.2) is 65.0 Å². The molecule has 0 bridgehead atoms. The summed E-state index contributed by atoms with van der Waals surface area (Å²) in [5.74, 6) is -0.342. The predicted molar refractivity (Wildman–Crippen MR) is 169 cm³/mol. The number of aromatic nitrogens is 1. The number of hydrogen-bond donors (Lipinski definition) is 1. The number of nitrogens with zero attached hydrogens (tertiary/aromatic N) is 3. The Morgan fingerprint density at radius 2 is 1.55 bits per heavy atom. The molecule has 0 aliphatic carbocycles. The van der Waals surface area contributed by atoms with Crippen molar-refractivity contribution in [1.82, 2.24) is 14.8 Å². The van der Waals surface area contributed by atoms with Crippen LogP contribution in [-0.2, 0) is 21.2 Å². The van der Waals surface area contributed by atoms with Gasteiger partial charge in [0, 0.05) is 71.6 Å². The Hall–Kier alpha value is -3.84. The summed E-state index contributed by atoms with van der Waals surface area (Å²) >= 11 is 1.59. The van der Waals surface area contributed by atoms with Crippen molar-refractivity contribution in [3.63, 3.8) is 0 Å². The number of benzene rings is 3. The largest absolute Gasteiger partial charge is 0.339 e. The average molecular weight is 697 g/mol. The monoisotopic (exact) mass is 696 g/mol. The van der Waals surface area contributed by atoms with Gasteiger partial charge in [-0.1, -0.05) is 42.0 Å². The molecule has 0 spiro atoms. The van der Waals surface area contributed by atoms with Gasteiger partial charge in [-0.15, -0.1) is 0 Å². The molecular weight excluding hydrogens is 667 g/mol. The smallest absolute Gasteiger partial charge is 0.264 e. The first-order chi connectivity index (χ1) is 20.0. The van der Waals surface area contributed by atoms with Gasteiger partial charge in [0.1, 0.15) is 4.90 Å². The number of hydrogen-bond acceptors (Lipinski definition) is 6. The minimum atomic E-state index is -4.05. The minimum Gasteiger partial charge on any atom is -0.339 e. The van der Waals surface area contributed by atoms with E-state index in [9.17, 15) is 22.8 Å². The molecule has 9 nitrogen and oxygen atoms in total. The van der Waals surface area contributed by atoms with E-state index >= 15 is 0 Å². The van der Waals surface area contributed by atoms with Crippen molar-refractivity contribution in [2.45, 2.75) is 25.2 Å². The summed E-state index contributed by atoms with van der Waals surface area (Å²) in [4.78, 5) is 46.5. The molecule has 0 atom stereocenters. The predicted octanol–water partition coefficient (Wildman–Crippen LogP) is 4.75. The maximum atomic E-state index is 13.4. The van der Waals surface area contributed by atoms with Gasteiger partial charge < -0.3 is 9.80 Å². The Labute approximate surface area is 258 Å². The molecule has 2 heterocycles. The molecule has 0 saturated carbocycles. The van der Waals surface area contributed by atoms with Gasteiger partial charge in [-0.05, 0) is 55.3 Å². The topological polar surface area (TPSA) is 117 Å².